The van der Waals surface area contributed by atoms with E-state index in [0.29, 0.717) is 0 Å². The third-order valence-corrected chi connectivity index (χ3v) is 1.83. The highest BCUT2D eigenvalue weighted by atomic mass is 35.5. The summed E-state index contributed by atoms with van der Waals surface area (Å²) >= 11 is 9.94. The van der Waals surface area contributed by atoms with Gasteiger partial charge in [0, 0.05) is 5.88 Å². The largest absolute Gasteiger partial charge is 0.399 e. The van der Waals surface area contributed by atoms with Gasteiger partial charge in [0.2, 0.25) is 5.24 Å². The number of carbonyl (C=O) groups excluding carboxylic acids is 1. The summed E-state index contributed by atoms with van der Waals surface area (Å²) < 4.78 is 35.8. The van der Waals surface area contributed by atoms with Gasteiger partial charge in [0.05, 0.1) is 0 Å². The Labute approximate surface area is 77.8 Å². The Hall–Kier alpha value is 0.0400. The molecule has 0 rings (SSSR count). The van der Waals surface area contributed by atoms with Gasteiger partial charge in [-0.1, -0.05) is 0 Å². The first-order chi connectivity index (χ1) is 5.39. The fraction of sp³-hybridized carbons (Fsp3) is 0.833. The lowest BCUT2D eigenvalue weighted by Crippen LogP contribution is -2.28. The van der Waals surface area contributed by atoms with Gasteiger partial charge in [0.1, 0.15) is 5.92 Å². The maximum Gasteiger partial charge on any atom is 0.399 e. The zero-order valence-electron chi connectivity index (χ0n) is 6.00. The van der Waals surface area contributed by atoms with Crippen LogP contribution in [-0.4, -0.2) is 17.3 Å². The van der Waals surface area contributed by atoms with E-state index in [9.17, 15) is 18.0 Å². The highest BCUT2D eigenvalue weighted by Gasteiger charge is 2.43. The van der Waals surface area contributed by atoms with Crippen LogP contribution < -0.4 is 0 Å². The van der Waals surface area contributed by atoms with Crippen LogP contribution in [0.3, 0.4) is 0 Å². The predicted octanol–water partition coefficient (Wildman–Crippen LogP) is 2.95. The SMILES string of the molecule is O=C(Cl)C(CCCCl)C(F)(F)F. The molecule has 0 spiro atoms. The molecule has 0 aromatic heterocycles. The Morgan fingerprint density at radius 2 is 1.92 bits per heavy atom. The molecule has 12 heavy (non-hydrogen) atoms. The van der Waals surface area contributed by atoms with Gasteiger partial charge in [-0.3, -0.25) is 4.79 Å². The summed E-state index contributed by atoms with van der Waals surface area (Å²) in [5.74, 6) is -1.98. The molecule has 72 valence electrons. The molecule has 1 unspecified atom stereocenters. The van der Waals surface area contributed by atoms with Crippen molar-refractivity contribution in [1.29, 1.82) is 0 Å². The summed E-state index contributed by atoms with van der Waals surface area (Å²) in [5.41, 5.74) is 0. The van der Waals surface area contributed by atoms with Gasteiger partial charge in [-0.25, -0.2) is 0 Å². The minimum atomic E-state index is -4.55. The molecule has 0 aliphatic heterocycles. The Bertz CT molecular complexity index is 157. The lowest BCUT2D eigenvalue weighted by molar-refractivity contribution is -0.178. The molecule has 0 amide bonds. The first-order valence-electron chi connectivity index (χ1n) is 3.21. The molecular weight excluding hydrogens is 216 g/mol. The second kappa shape index (κ2) is 4.92. The second-order valence-corrected chi connectivity index (χ2v) is 2.98. The normalized spacial score (nSPS) is 14.4. The average Bonchev–Trinajstić information content (AvgIpc) is 1.84. The van der Waals surface area contributed by atoms with Gasteiger partial charge in [-0.05, 0) is 24.4 Å². The first-order valence-corrected chi connectivity index (χ1v) is 4.13. The van der Waals surface area contributed by atoms with Gasteiger partial charge in [0.15, 0.2) is 0 Å². The number of alkyl halides is 4. The molecular formula is C6H7Cl2F3O. The van der Waals surface area contributed by atoms with Crippen molar-refractivity contribution in [2.75, 3.05) is 5.88 Å². The summed E-state index contributed by atoms with van der Waals surface area (Å²) in [6.45, 7) is 0. The van der Waals surface area contributed by atoms with Crippen LogP contribution in [0, 0.1) is 5.92 Å². The molecule has 0 N–H and O–H groups in total. The number of hydrogen-bond acceptors (Lipinski definition) is 1. The van der Waals surface area contributed by atoms with Crippen LogP contribution in [0.1, 0.15) is 12.8 Å². The third kappa shape index (κ3) is 4.16. The van der Waals surface area contributed by atoms with Crippen LogP contribution in [0.5, 0.6) is 0 Å². The summed E-state index contributed by atoms with van der Waals surface area (Å²) in [6, 6.07) is 0. The number of halogens is 5. The van der Waals surface area contributed by atoms with Gasteiger partial charge in [-0.2, -0.15) is 13.2 Å². The highest BCUT2D eigenvalue weighted by molar-refractivity contribution is 6.64. The van der Waals surface area contributed by atoms with E-state index in [1.165, 1.54) is 0 Å². The van der Waals surface area contributed by atoms with Crippen molar-refractivity contribution in [3.63, 3.8) is 0 Å². The Balaban J connectivity index is 4.15. The Kier molecular flexibility index (Phi) is 4.94. The van der Waals surface area contributed by atoms with Crippen LogP contribution in [0.25, 0.3) is 0 Å². The molecule has 0 saturated carbocycles. The highest BCUT2D eigenvalue weighted by Crippen LogP contribution is 2.31. The maximum absolute atomic E-state index is 11.9. The van der Waals surface area contributed by atoms with E-state index >= 15 is 0 Å². The lowest BCUT2D eigenvalue weighted by atomic mass is 10.1. The van der Waals surface area contributed by atoms with Gasteiger partial charge >= 0.3 is 6.18 Å². The van der Waals surface area contributed by atoms with Crippen LogP contribution in [0.15, 0.2) is 0 Å². The molecule has 0 aromatic carbocycles. The van der Waals surface area contributed by atoms with Crippen LogP contribution in [0.4, 0.5) is 13.2 Å². The van der Waals surface area contributed by atoms with Crippen LogP contribution >= 0.6 is 23.2 Å². The Morgan fingerprint density at radius 3 is 2.17 bits per heavy atom. The topological polar surface area (TPSA) is 17.1 Å². The van der Waals surface area contributed by atoms with Crippen molar-refractivity contribution in [1.82, 2.24) is 0 Å². The summed E-state index contributed by atoms with van der Waals surface area (Å²) in [4.78, 5) is 10.3. The van der Waals surface area contributed by atoms with E-state index < -0.39 is 17.3 Å². The third-order valence-electron chi connectivity index (χ3n) is 1.30. The fourth-order valence-corrected chi connectivity index (χ4v) is 1.07. The lowest BCUT2D eigenvalue weighted by Gasteiger charge is -2.14. The first kappa shape index (κ1) is 12.0. The molecule has 0 heterocycles. The number of carbonyl (C=O) groups is 1. The quantitative estimate of drug-likeness (QED) is 0.528. The van der Waals surface area contributed by atoms with E-state index in [-0.39, 0.29) is 18.7 Å². The molecule has 0 aromatic rings. The molecule has 0 fully saturated rings. The Morgan fingerprint density at radius 1 is 1.42 bits per heavy atom. The number of rotatable bonds is 4. The van der Waals surface area contributed by atoms with E-state index in [1.807, 2.05) is 0 Å². The van der Waals surface area contributed by atoms with Crippen molar-refractivity contribution in [2.45, 2.75) is 19.0 Å². The number of hydrogen-bond donors (Lipinski definition) is 0. The van der Waals surface area contributed by atoms with Crippen molar-refractivity contribution >= 4 is 28.4 Å². The van der Waals surface area contributed by atoms with Crippen LogP contribution in [-0.2, 0) is 4.79 Å². The standard InChI is InChI=1S/C6H7Cl2F3O/c7-3-1-2-4(5(8)12)6(9,10)11/h4H,1-3H2. The molecule has 1 nitrogen and oxygen atoms in total. The maximum atomic E-state index is 11.9. The van der Waals surface area contributed by atoms with E-state index in [0.717, 1.165) is 0 Å². The monoisotopic (exact) mass is 222 g/mol. The summed E-state index contributed by atoms with van der Waals surface area (Å²) in [7, 11) is 0. The van der Waals surface area contributed by atoms with E-state index in [4.69, 9.17) is 23.2 Å². The second-order valence-electron chi connectivity index (χ2n) is 2.23. The minimum absolute atomic E-state index is 0.0940. The van der Waals surface area contributed by atoms with E-state index in [2.05, 4.69) is 0 Å². The molecule has 0 aliphatic rings. The van der Waals surface area contributed by atoms with E-state index in [1.54, 1.807) is 0 Å². The molecule has 0 aliphatic carbocycles. The van der Waals surface area contributed by atoms with Crippen molar-refractivity contribution < 1.29 is 18.0 Å². The van der Waals surface area contributed by atoms with Crippen molar-refractivity contribution in [3.8, 4) is 0 Å². The molecule has 6 heteroatoms. The smallest absolute Gasteiger partial charge is 0.281 e. The average molecular weight is 223 g/mol. The molecule has 0 saturated heterocycles. The zero-order chi connectivity index (χ0) is 9.78. The predicted molar refractivity (Wildman–Crippen MR) is 40.4 cm³/mol. The van der Waals surface area contributed by atoms with Crippen LogP contribution in [0.2, 0.25) is 0 Å². The fourth-order valence-electron chi connectivity index (χ4n) is 0.687. The molecule has 0 bridgehead atoms. The van der Waals surface area contributed by atoms with Gasteiger partial charge < -0.3 is 0 Å². The molecule has 1 atom stereocenters. The zero-order valence-corrected chi connectivity index (χ0v) is 7.51. The summed E-state index contributed by atoms with van der Waals surface area (Å²) in [5, 5.41) is -1.37. The van der Waals surface area contributed by atoms with Crippen molar-refractivity contribution in [3.05, 3.63) is 0 Å². The van der Waals surface area contributed by atoms with Crippen molar-refractivity contribution in [2.24, 2.45) is 5.92 Å². The minimum Gasteiger partial charge on any atom is -0.281 e. The van der Waals surface area contributed by atoms with Gasteiger partial charge in [-0.15, -0.1) is 11.6 Å². The summed E-state index contributed by atoms with van der Waals surface area (Å²) in [6.07, 6.45) is -4.76. The van der Waals surface area contributed by atoms with Gasteiger partial charge in [0.25, 0.3) is 0 Å². The molecule has 0 radical (unpaired) electrons.